The fourth-order valence-electron chi connectivity index (χ4n) is 0.305. The molecule has 0 saturated heterocycles. The highest BCUT2D eigenvalue weighted by atomic mass is 15.5. The smallest absolute Gasteiger partial charge is 0.0599 e. The minimum Gasteiger partial charge on any atom is -0.284 e. The summed E-state index contributed by atoms with van der Waals surface area (Å²) in [4.78, 5) is 0. The lowest BCUT2D eigenvalue weighted by molar-refractivity contribution is 0.409. The molecule has 3 nitrogen and oxygen atoms in total. The van der Waals surface area contributed by atoms with Gasteiger partial charge in [0.05, 0.1) is 6.04 Å². The van der Waals surface area contributed by atoms with Gasteiger partial charge in [0, 0.05) is 19.5 Å². The molecule has 0 rings (SSSR count). The molecule has 0 aromatic carbocycles. The van der Waals surface area contributed by atoms with Gasteiger partial charge in [-0.3, -0.25) is 5.01 Å². The Kier molecular flexibility index (Phi) is 3.59. The van der Waals surface area contributed by atoms with Gasteiger partial charge in [0.25, 0.3) is 0 Å². The summed E-state index contributed by atoms with van der Waals surface area (Å²) in [6.45, 7) is 6.10. The van der Waals surface area contributed by atoms with Crippen LogP contribution in [0.25, 0.3) is 0 Å². The second kappa shape index (κ2) is 3.97. The standard InChI is InChI=1S/C8H15N3/c1-8(2,3)6-7-9-10-11(4)5/h1-5H3/b10-9-. The third-order valence-corrected chi connectivity index (χ3v) is 0.705. The van der Waals surface area contributed by atoms with Crippen molar-refractivity contribution in [2.24, 2.45) is 15.8 Å². The predicted molar refractivity (Wildman–Crippen MR) is 45.8 cm³/mol. The Labute approximate surface area is 68.5 Å². The highest BCUT2D eigenvalue weighted by molar-refractivity contribution is 5.05. The Morgan fingerprint density at radius 2 is 1.73 bits per heavy atom. The second-order valence-electron chi connectivity index (χ2n) is 3.52. The van der Waals surface area contributed by atoms with Crippen molar-refractivity contribution >= 4 is 0 Å². The fourth-order valence-corrected chi connectivity index (χ4v) is 0.305. The van der Waals surface area contributed by atoms with Crippen molar-refractivity contribution in [2.75, 3.05) is 14.1 Å². The van der Waals surface area contributed by atoms with Crippen LogP contribution in [0.15, 0.2) is 10.3 Å². The lowest BCUT2D eigenvalue weighted by Gasteiger charge is -2.05. The fraction of sp³-hybridized carbons (Fsp3) is 0.750. The van der Waals surface area contributed by atoms with E-state index in [-0.39, 0.29) is 5.41 Å². The minimum absolute atomic E-state index is 0.00529. The molecule has 0 radical (unpaired) electrons. The van der Waals surface area contributed by atoms with Crippen LogP contribution < -0.4 is 0 Å². The number of hydrogen-bond donors (Lipinski definition) is 0. The molecule has 0 aromatic heterocycles. The quantitative estimate of drug-likeness (QED) is 0.321. The van der Waals surface area contributed by atoms with Crippen molar-refractivity contribution < 1.29 is 0 Å². The molecule has 0 aromatic rings. The summed E-state index contributed by atoms with van der Waals surface area (Å²) < 4.78 is 0. The van der Waals surface area contributed by atoms with Crippen LogP contribution in [-0.2, 0) is 0 Å². The average Bonchev–Trinajstić information content (AvgIpc) is 1.78. The molecule has 62 valence electrons. The van der Waals surface area contributed by atoms with Crippen LogP contribution in [0.1, 0.15) is 20.8 Å². The highest BCUT2D eigenvalue weighted by Gasteiger charge is 2.02. The monoisotopic (exact) mass is 153 g/mol. The molecule has 0 fully saturated rings. The van der Waals surface area contributed by atoms with E-state index in [2.05, 4.69) is 22.3 Å². The lowest BCUT2D eigenvalue weighted by atomic mass is 9.99. The maximum Gasteiger partial charge on any atom is 0.0599 e. The third-order valence-electron chi connectivity index (χ3n) is 0.705. The van der Waals surface area contributed by atoms with Gasteiger partial charge in [-0.05, 0) is 20.8 Å². The molecule has 0 heterocycles. The molecular formula is C8H15N3. The third kappa shape index (κ3) is 8.96. The van der Waals surface area contributed by atoms with E-state index in [1.165, 1.54) is 0 Å². The Morgan fingerprint density at radius 1 is 1.18 bits per heavy atom. The molecule has 0 saturated carbocycles. The Bertz CT molecular complexity index is 188. The van der Waals surface area contributed by atoms with Crippen LogP contribution in [0, 0.1) is 17.4 Å². The molecule has 0 aliphatic rings. The van der Waals surface area contributed by atoms with E-state index in [9.17, 15) is 0 Å². The largest absolute Gasteiger partial charge is 0.284 e. The van der Waals surface area contributed by atoms with Gasteiger partial charge in [-0.15, -0.1) is 0 Å². The molecular weight excluding hydrogens is 138 g/mol. The Morgan fingerprint density at radius 3 is 2.09 bits per heavy atom. The summed E-state index contributed by atoms with van der Waals surface area (Å²) in [6, 6.07) is 2.62. The first-order valence-corrected chi connectivity index (χ1v) is 3.52. The van der Waals surface area contributed by atoms with Crippen molar-refractivity contribution in [3.63, 3.8) is 0 Å². The van der Waals surface area contributed by atoms with Crippen molar-refractivity contribution in [3.05, 3.63) is 0 Å². The molecule has 0 spiro atoms. The van der Waals surface area contributed by atoms with Crippen LogP contribution >= 0.6 is 0 Å². The van der Waals surface area contributed by atoms with Gasteiger partial charge in [-0.1, -0.05) is 16.3 Å². The first kappa shape index (κ1) is 9.96. The van der Waals surface area contributed by atoms with Gasteiger partial charge in [0.15, 0.2) is 0 Å². The average molecular weight is 153 g/mol. The van der Waals surface area contributed by atoms with E-state index in [1.54, 1.807) is 5.01 Å². The molecule has 0 unspecified atom stereocenters. The summed E-state index contributed by atoms with van der Waals surface area (Å²) in [7, 11) is 3.62. The highest BCUT2D eigenvalue weighted by Crippen LogP contribution is 2.09. The maximum absolute atomic E-state index is 3.71. The van der Waals surface area contributed by atoms with E-state index in [1.807, 2.05) is 34.9 Å². The molecule has 0 amide bonds. The summed E-state index contributed by atoms with van der Waals surface area (Å²) in [5.74, 6) is 2.94. The predicted octanol–water partition coefficient (Wildman–Crippen LogP) is 1.92. The molecule has 0 aliphatic heterocycles. The van der Waals surface area contributed by atoms with Gasteiger partial charge < -0.3 is 0 Å². The summed E-state index contributed by atoms with van der Waals surface area (Å²) >= 11 is 0. The van der Waals surface area contributed by atoms with Gasteiger partial charge in [-0.25, -0.2) is 0 Å². The lowest BCUT2D eigenvalue weighted by Crippen LogP contribution is -2.00. The van der Waals surface area contributed by atoms with Crippen LogP contribution in [0.2, 0.25) is 0 Å². The van der Waals surface area contributed by atoms with Crippen molar-refractivity contribution in [3.8, 4) is 12.0 Å². The first-order chi connectivity index (χ1) is 4.92. The van der Waals surface area contributed by atoms with Gasteiger partial charge in [0.2, 0.25) is 0 Å². The molecule has 11 heavy (non-hydrogen) atoms. The maximum atomic E-state index is 3.71. The number of rotatable bonds is 1. The SMILES string of the molecule is CN(C)/N=N\C#CC(C)(C)C. The molecule has 0 aliphatic carbocycles. The van der Waals surface area contributed by atoms with E-state index in [0.717, 1.165) is 0 Å². The molecule has 3 heteroatoms. The van der Waals surface area contributed by atoms with Crippen molar-refractivity contribution in [1.29, 1.82) is 0 Å². The molecule has 0 atom stereocenters. The normalized spacial score (nSPS) is 11.0. The number of nitrogens with zero attached hydrogens (tertiary/aromatic N) is 3. The summed E-state index contributed by atoms with van der Waals surface area (Å²) in [5, 5.41) is 8.97. The van der Waals surface area contributed by atoms with Crippen LogP contribution in [0.5, 0.6) is 0 Å². The van der Waals surface area contributed by atoms with Gasteiger partial charge >= 0.3 is 0 Å². The number of hydrogen-bond acceptors (Lipinski definition) is 2. The zero-order valence-corrected chi connectivity index (χ0v) is 7.84. The summed E-state index contributed by atoms with van der Waals surface area (Å²) in [6.07, 6.45) is 0. The zero-order valence-electron chi connectivity index (χ0n) is 7.84. The van der Waals surface area contributed by atoms with Crippen molar-refractivity contribution in [1.82, 2.24) is 5.01 Å². The Hall–Kier alpha value is -1.04. The topological polar surface area (TPSA) is 28.0 Å². The van der Waals surface area contributed by atoms with E-state index >= 15 is 0 Å². The molecule has 0 bridgehead atoms. The van der Waals surface area contributed by atoms with Gasteiger partial charge in [-0.2, -0.15) is 0 Å². The van der Waals surface area contributed by atoms with E-state index < -0.39 is 0 Å². The van der Waals surface area contributed by atoms with Gasteiger partial charge in [0.1, 0.15) is 0 Å². The van der Waals surface area contributed by atoms with Crippen LogP contribution in [0.3, 0.4) is 0 Å². The first-order valence-electron chi connectivity index (χ1n) is 3.52. The van der Waals surface area contributed by atoms with E-state index in [4.69, 9.17) is 0 Å². The molecule has 0 N–H and O–H groups in total. The van der Waals surface area contributed by atoms with Crippen molar-refractivity contribution in [2.45, 2.75) is 20.8 Å². The Balaban J connectivity index is 3.92. The van der Waals surface area contributed by atoms with Crippen LogP contribution in [-0.4, -0.2) is 19.1 Å². The minimum atomic E-state index is 0.00529. The zero-order chi connectivity index (χ0) is 8.91. The second-order valence-corrected chi connectivity index (χ2v) is 3.52. The van der Waals surface area contributed by atoms with E-state index in [0.29, 0.717) is 0 Å². The summed E-state index contributed by atoms with van der Waals surface area (Å²) in [5.41, 5.74) is 0.00529. The van der Waals surface area contributed by atoms with Crippen LogP contribution in [0.4, 0.5) is 0 Å².